The van der Waals surface area contributed by atoms with Crippen molar-refractivity contribution in [2.45, 2.75) is 12.3 Å². The fourth-order valence-electron chi connectivity index (χ4n) is 2.66. The first-order chi connectivity index (χ1) is 11.2. The molecule has 0 bridgehead atoms. The summed E-state index contributed by atoms with van der Waals surface area (Å²) in [6, 6.07) is 13.9. The molecule has 4 nitrogen and oxygen atoms in total. The Morgan fingerprint density at radius 3 is 2.74 bits per heavy atom. The summed E-state index contributed by atoms with van der Waals surface area (Å²) in [5.74, 6) is 0.202. The fraction of sp³-hybridized carbons (Fsp3) is 0.222. The maximum absolute atomic E-state index is 12.6. The molecule has 118 valence electrons. The van der Waals surface area contributed by atoms with E-state index in [1.54, 1.807) is 6.20 Å². The summed E-state index contributed by atoms with van der Waals surface area (Å²) in [6.07, 6.45) is 2.19. The zero-order chi connectivity index (χ0) is 16.2. The highest BCUT2D eigenvalue weighted by Gasteiger charge is 2.18. The minimum absolute atomic E-state index is 0.0611. The number of carbonyl (C=O) groups is 1. The van der Waals surface area contributed by atoms with Crippen molar-refractivity contribution >= 4 is 17.1 Å². The van der Waals surface area contributed by atoms with Crippen molar-refractivity contribution in [3.05, 3.63) is 64.5 Å². The lowest BCUT2D eigenvalue weighted by Crippen LogP contribution is -2.16. The average Bonchev–Trinajstić information content (AvgIpc) is 3.21. The van der Waals surface area contributed by atoms with Gasteiger partial charge in [-0.05, 0) is 24.2 Å². The van der Waals surface area contributed by atoms with E-state index in [1.165, 1.54) is 11.3 Å². The van der Waals surface area contributed by atoms with E-state index < -0.39 is 0 Å². The molecule has 0 amide bonds. The van der Waals surface area contributed by atoms with Crippen LogP contribution in [0, 0.1) is 0 Å². The Balaban J connectivity index is 1.76. The Morgan fingerprint density at radius 2 is 2.09 bits per heavy atom. The molecule has 3 aromatic rings. The Bertz CT molecular complexity index is 791. The van der Waals surface area contributed by atoms with Gasteiger partial charge in [0.05, 0.1) is 10.6 Å². The number of aromatic nitrogens is 2. The van der Waals surface area contributed by atoms with Crippen molar-refractivity contribution in [3.8, 4) is 11.3 Å². The number of Topliss-reactive ketones (excluding diaryl/α,β-unsaturated/α-hetero) is 1. The largest absolute Gasteiger partial charge is 0.330 e. The second kappa shape index (κ2) is 6.89. The summed E-state index contributed by atoms with van der Waals surface area (Å²) in [5.41, 5.74) is 9.03. The van der Waals surface area contributed by atoms with Crippen LogP contribution in [0.1, 0.15) is 27.6 Å². The van der Waals surface area contributed by atoms with Crippen LogP contribution in [0.25, 0.3) is 11.3 Å². The average molecular weight is 325 g/mol. The first-order valence-electron chi connectivity index (χ1n) is 7.54. The molecule has 2 N–H and O–H groups in total. The van der Waals surface area contributed by atoms with E-state index in [4.69, 9.17) is 5.73 Å². The Morgan fingerprint density at radius 1 is 1.30 bits per heavy atom. The van der Waals surface area contributed by atoms with Crippen LogP contribution in [0.5, 0.6) is 0 Å². The van der Waals surface area contributed by atoms with Crippen molar-refractivity contribution < 1.29 is 4.79 Å². The number of hydrogen-bond acceptors (Lipinski definition) is 4. The highest BCUT2D eigenvalue weighted by atomic mass is 32.1. The predicted octanol–water partition coefficient (Wildman–Crippen LogP) is 3.46. The zero-order valence-corrected chi connectivity index (χ0v) is 13.8. The lowest BCUT2D eigenvalue weighted by atomic mass is 9.93. The van der Waals surface area contributed by atoms with Crippen molar-refractivity contribution in [1.82, 2.24) is 9.78 Å². The molecule has 2 heterocycles. The maximum atomic E-state index is 12.6. The number of benzene rings is 1. The van der Waals surface area contributed by atoms with Crippen LogP contribution in [-0.4, -0.2) is 22.1 Å². The van der Waals surface area contributed by atoms with Gasteiger partial charge in [0.15, 0.2) is 5.78 Å². The maximum Gasteiger partial charge on any atom is 0.173 e. The molecular weight excluding hydrogens is 306 g/mol. The second-order valence-corrected chi connectivity index (χ2v) is 6.42. The van der Waals surface area contributed by atoms with Crippen LogP contribution in [0.4, 0.5) is 0 Å². The molecule has 2 aromatic heterocycles. The molecule has 0 saturated heterocycles. The Hall–Kier alpha value is -2.24. The minimum atomic E-state index is 0.0611. The van der Waals surface area contributed by atoms with E-state index in [2.05, 4.69) is 5.10 Å². The zero-order valence-electron chi connectivity index (χ0n) is 13.0. The van der Waals surface area contributed by atoms with Crippen LogP contribution in [0.15, 0.2) is 54.0 Å². The van der Waals surface area contributed by atoms with E-state index in [0.29, 0.717) is 13.0 Å². The molecule has 0 aliphatic heterocycles. The molecular formula is C18H19N3OS. The van der Waals surface area contributed by atoms with E-state index in [0.717, 1.165) is 21.7 Å². The second-order valence-electron chi connectivity index (χ2n) is 5.51. The number of nitrogens with two attached hydrogens (primary N) is 1. The molecule has 0 aliphatic carbocycles. The first kappa shape index (κ1) is 15.6. The summed E-state index contributed by atoms with van der Waals surface area (Å²) < 4.78 is 1.81. The molecule has 1 aromatic carbocycles. The molecule has 0 fully saturated rings. The molecule has 0 radical (unpaired) electrons. The van der Waals surface area contributed by atoms with Gasteiger partial charge in [-0.25, -0.2) is 0 Å². The minimum Gasteiger partial charge on any atom is -0.330 e. The van der Waals surface area contributed by atoms with E-state index in [-0.39, 0.29) is 11.7 Å². The third-order valence-electron chi connectivity index (χ3n) is 3.98. The number of nitrogens with zero attached hydrogens (tertiary/aromatic N) is 2. The standard InChI is InChI=1S/C18H19N3OS/c1-21-16(7-8-20-21)15-10-18(23-12-15)17(22)9-14(11-19)13-5-3-2-4-6-13/h2-8,10,12,14H,9,11,19H2,1H3/t14-/m1/s1. The van der Waals surface area contributed by atoms with Gasteiger partial charge in [-0.15, -0.1) is 11.3 Å². The molecule has 0 spiro atoms. The molecule has 1 atom stereocenters. The SMILES string of the molecule is Cn1nccc1-c1csc(C(=O)C[C@H](CN)c2ccccc2)c1. The van der Waals surface area contributed by atoms with Crippen LogP contribution in [0.2, 0.25) is 0 Å². The molecule has 0 saturated carbocycles. The van der Waals surface area contributed by atoms with Crippen LogP contribution < -0.4 is 5.73 Å². The summed E-state index contributed by atoms with van der Waals surface area (Å²) >= 11 is 1.48. The Kier molecular flexibility index (Phi) is 4.69. The predicted molar refractivity (Wildman–Crippen MR) is 93.7 cm³/mol. The molecule has 0 aliphatic rings. The number of rotatable bonds is 6. The lowest BCUT2D eigenvalue weighted by Gasteiger charge is -2.13. The molecule has 0 unspecified atom stereocenters. The quantitative estimate of drug-likeness (QED) is 0.706. The highest BCUT2D eigenvalue weighted by Crippen LogP contribution is 2.28. The monoisotopic (exact) mass is 325 g/mol. The van der Waals surface area contributed by atoms with Crippen molar-refractivity contribution in [2.75, 3.05) is 6.54 Å². The van der Waals surface area contributed by atoms with Gasteiger partial charge in [-0.3, -0.25) is 9.48 Å². The number of aryl methyl sites for hydroxylation is 1. The van der Waals surface area contributed by atoms with Crippen LogP contribution >= 0.6 is 11.3 Å². The molecule has 3 rings (SSSR count). The third-order valence-corrected chi connectivity index (χ3v) is 4.95. The van der Waals surface area contributed by atoms with Gasteiger partial charge in [-0.2, -0.15) is 5.10 Å². The van der Waals surface area contributed by atoms with Gasteiger partial charge in [0.1, 0.15) is 0 Å². The number of thiophene rings is 1. The van der Waals surface area contributed by atoms with Crippen LogP contribution in [-0.2, 0) is 7.05 Å². The summed E-state index contributed by atoms with van der Waals surface area (Å²) in [5, 5.41) is 6.17. The highest BCUT2D eigenvalue weighted by molar-refractivity contribution is 7.12. The van der Waals surface area contributed by atoms with Gasteiger partial charge >= 0.3 is 0 Å². The topological polar surface area (TPSA) is 60.9 Å². The lowest BCUT2D eigenvalue weighted by molar-refractivity contribution is 0.0978. The Labute approximate surface area is 139 Å². The van der Waals surface area contributed by atoms with Gasteiger partial charge in [-0.1, -0.05) is 30.3 Å². The van der Waals surface area contributed by atoms with Crippen molar-refractivity contribution in [1.29, 1.82) is 0 Å². The van der Waals surface area contributed by atoms with Crippen molar-refractivity contribution in [3.63, 3.8) is 0 Å². The normalized spacial score (nSPS) is 12.3. The fourth-order valence-corrected chi connectivity index (χ4v) is 3.51. The van der Waals surface area contributed by atoms with Crippen LogP contribution in [0.3, 0.4) is 0 Å². The summed E-state index contributed by atoms with van der Waals surface area (Å²) in [7, 11) is 1.90. The number of carbonyl (C=O) groups excluding carboxylic acids is 1. The van der Waals surface area contributed by atoms with Gasteiger partial charge in [0, 0.05) is 36.5 Å². The third kappa shape index (κ3) is 3.41. The van der Waals surface area contributed by atoms with E-state index in [1.807, 2.05) is 59.6 Å². The molecule has 23 heavy (non-hydrogen) atoms. The van der Waals surface area contributed by atoms with E-state index in [9.17, 15) is 4.79 Å². The summed E-state index contributed by atoms with van der Waals surface area (Å²) in [4.78, 5) is 13.4. The van der Waals surface area contributed by atoms with Gasteiger partial charge in [0.2, 0.25) is 0 Å². The van der Waals surface area contributed by atoms with E-state index >= 15 is 0 Å². The summed E-state index contributed by atoms with van der Waals surface area (Å²) in [6.45, 7) is 0.468. The number of ketones is 1. The van der Waals surface area contributed by atoms with Gasteiger partial charge in [0.25, 0.3) is 0 Å². The first-order valence-corrected chi connectivity index (χ1v) is 8.42. The molecule has 5 heteroatoms. The van der Waals surface area contributed by atoms with Crippen molar-refractivity contribution in [2.24, 2.45) is 12.8 Å². The number of hydrogen-bond donors (Lipinski definition) is 1. The van der Waals surface area contributed by atoms with Gasteiger partial charge < -0.3 is 5.73 Å². The smallest absolute Gasteiger partial charge is 0.173 e.